The van der Waals surface area contributed by atoms with Crippen molar-refractivity contribution in [3.8, 4) is 5.88 Å². The van der Waals surface area contributed by atoms with E-state index in [2.05, 4.69) is 4.98 Å². The van der Waals surface area contributed by atoms with E-state index in [-0.39, 0.29) is 22.6 Å². The van der Waals surface area contributed by atoms with Gasteiger partial charge in [-0.25, -0.2) is 0 Å². The number of rotatable bonds is 4. The van der Waals surface area contributed by atoms with E-state index in [1.54, 1.807) is 12.2 Å². The molecule has 2 heterocycles. The summed E-state index contributed by atoms with van der Waals surface area (Å²) in [6.45, 7) is 0. The highest BCUT2D eigenvalue weighted by Gasteiger charge is 2.53. The molecule has 0 atom stereocenters. The third-order valence-corrected chi connectivity index (χ3v) is 10.2. The number of fused-ring (bicyclic) bond motifs is 1. The Hall–Kier alpha value is -3.03. The van der Waals surface area contributed by atoms with Crippen molar-refractivity contribution in [1.82, 2.24) is 14.6 Å². The quantitative estimate of drug-likeness (QED) is 0.438. The lowest BCUT2D eigenvalue weighted by molar-refractivity contribution is -0.111. The second-order valence-corrected chi connectivity index (χ2v) is 12.6. The van der Waals surface area contributed by atoms with Crippen LogP contribution in [-0.4, -0.2) is 25.5 Å². The van der Waals surface area contributed by atoms with Crippen molar-refractivity contribution in [3.63, 3.8) is 0 Å². The van der Waals surface area contributed by atoms with Gasteiger partial charge in [0.05, 0.1) is 0 Å². The van der Waals surface area contributed by atoms with Gasteiger partial charge in [-0.1, -0.05) is 47.2 Å². The number of aromatic hydroxyl groups is 1. The molecule has 5 aliphatic rings. The van der Waals surface area contributed by atoms with E-state index in [0.29, 0.717) is 22.0 Å². The van der Waals surface area contributed by atoms with Gasteiger partial charge in [-0.2, -0.15) is 14.6 Å². The normalized spacial score (nSPS) is 29.4. The van der Waals surface area contributed by atoms with Crippen LogP contribution in [0.15, 0.2) is 58.4 Å². The molecule has 1 N–H and O–H groups in total. The van der Waals surface area contributed by atoms with Gasteiger partial charge in [-0.05, 0) is 98.1 Å². The summed E-state index contributed by atoms with van der Waals surface area (Å²) < 4.78 is 1.32. The average Bonchev–Trinajstić information content (AvgIpc) is 3.29. The van der Waals surface area contributed by atoms with Crippen molar-refractivity contribution < 1.29 is 9.90 Å². The molecule has 37 heavy (non-hydrogen) atoms. The second kappa shape index (κ2) is 8.50. The Morgan fingerprint density at radius 1 is 1.08 bits per heavy atom. The Balaban J connectivity index is 1.26. The fourth-order valence-electron chi connectivity index (χ4n) is 7.40. The van der Waals surface area contributed by atoms with Crippen molar-refractivity contribution in [2.24, 2.45) is 17.8 Å². The zero-order valence-corrected chi connectivity index (χ0v) is 21.8. The summed E-state index contributed by atoms with van der Waals surface area (Å²) in [5.74, 6) is 1.66. The lowest BCUT2D eigenvalue weighted by Gasteiger charge is -2.55. The zero-order chi connectivity index (χ0) is 25.3. The fraction of sp³-hybridized carbons (Fsp3) is 0.379. The summed E-state index contributed by atoms with van der Waals surface area (Å²) in [4.78, 5) is 30.9. The van der Waals surface area contributed by atoms with Gasteiger partial charge in [0.2, 0.25) is 10.8 Å². The van der Waals surface area contributed by atoms with Crippen LogP contribution in [0.1, 0.15) is 54.7 Å². The molecule has 0 amide bonds. The monoisotopic (exact) mass is 531 g/mol. The van der Waals surface area contributed by atoms with Crippen molar-refractivity contribution in [3.05, 3.63) is 85.2 Å². The van der Waals surface area contributed by atoms with Crippen LogP contribution in [0, 0.1) is 17.8 Å². The largest absolute Gasteiger partial charge is 0.493 e. The molecule has 8 heteroatoms. The second-order valence-electron chi connectivity index (χ2n) is 11.2. The van der Waals surface area contributed by atoms with Crippen LogP contribution in [0.4, 0.5) is 0 Å². The van der Waals surface area contributed by atoms with Gasteiger partial charge >= 0.3 is 0 Å². The summed E-state index contributed by atoms with van der Waals surface area (Å²) in [6.07, 6.45) is 14.3. The highest BCUT2D eigenvalue weighted by molar-refractivity contribution is 7.16. The van der Waals surface area contributed by atoms with E-state index in [0.717, 1.165) is 53.2 Å². The molecule has 4 bridgehead atoms. The number of hydrogen-bond donors (Lipinski definition) is 1. The molecule has 8 rings (SSSR count). The van der Waals surface area contributed by atoms with Crippen LogP contribution in [-0.2, 0) is 16.6 Å². The van der Waals surface area contributed by atoms with Crippen molar-refractivity contribution >= 4 is 39.8 Å². The maximum atomic E-state index is 13.5. The van der Waals surface area contributed by atoms with Gasteiger partial charge in [0.1, 0.15) is 10.6 Å². The molecule has 0 saturated heterocycles. The van der Waals surface area contributed by atoms with Crippen LogP contribution in [0.25, 0.3) is 11.0 Å². The molecule has 5 aliphatic carbocycles. The van der Waals surface area contributed by atoms with Gasteiger partial charge in [0.25, 0.3) is 5.56 Å². The van der Waals surface area contributed by atoms with E-state index < -0.39 is 5.56 Å². The van der Waals surface area contributed by atoms with E-state index in [9.17, 15) is 14.7 Å². The number of halogens is 1. The molecule has 0 unspecified atom stereocenters. The molecule has 188 valence electrons. The highest BCUT2D eigenvalue weighted by Crippen LogP contribution is 2.61. The Morgan fingerprint density at radius 2 is 1.78 bits per heavy atom. The lowest BCUT2D eigenvalue weighted by atomic mass is 9.50. The molecule has 0 aliphatic heterocycles. The minimum absolute atomic E-state index is 0.0214. The molecule has 0 radical (unpaired) electrons. The minimum Gasteiger partial charge on any atom is -0.493 e. The first-order chi connectivity index (χ1) is 17.9. The molecule has 4 fully saturated rings. The van der Waals surface area contributed by atoms with Gasteiger partial charge in [0.15, 0.2) is 5.78 Å². The minimum atomic E-state index is -0.453. The van der Waals surface area contributed by atoms with E-state index in [1.807, 2.05) is 24.3 Å². The number of carbonyl (C=O) groups excluding carboxylic acids is 1. The third kappa shape index (κ3) is 3.91. The Kier molecular flexibility index (Phi) is 5.31. The zero-order valence-electron chi connectivity index (χ0n) is 20.2. The van der Waals surface area contributed by atoms with Crippen LogP contribution < -0.4 is 5.56 Å². The smallest absolute Gasteiger partial charge is 0.286 e. The predicted molar refractivity (Wildman–Crippen MR) is 144 cm³/mol. The maximum Gasteiger partial charge on any atom is 0.286 e. The van der Waals surface area contributed by atoms with Crippen LogP contribution in [0.2, 0.25) is 5.02 Å². The predicted octanol–water partition coefficient (Wildman–Crippen LogP) is 5.67. The number of allylic oxidation sites excluding steroid dienone is 5. The molecule has 4 saturated carbocycles. The first-order valence-corrected chi connectivity index (χ1v) is 14.1. The maximum absolute atomic E-state index is 13.5. The molecule has 1 aromatic carbocycles. The number of aromatic nitrogens is 3. The SMILES string of the molecule is O=C1C=CC(Cc2ccccc2Cl)=CC1=Cc1c(O)nc2sc(C34CC5CC(CC(C5)C3)C4)nn2c1=O. The van der Waals surface area contributed by atoms with Crippen molar-refractivity contribution in [2.75, 3.05) is 0 Å². The van der Waals surface area contributed by atoms with Crippen LogP contribution >= 0.6 is 22.9 Å². The summed E-state index contributed by atoms with van der Waals surface area (Å²) >= 11 is 7.74. The Labute approximate surface area is 223 Å². The molecular weight excluding hydrogens is 506 g/mol. The molecule has 6 nitrogen and oxygen atoms in total. The summed E-state index contributed by atoms with van der Waals surface area (Å²) in [6, 6.07) is 7.56. The van der Waals surface area contributed by atoms with Crippen LogP contribution in [0.3, 0.4) is 0 Å². The molecule has 2 aromatic heterocycles. The molecule has 3 aromatic rings. The van der Waals surface area contributed by atoms with E-state index >= 15 is 0 Å². The van der Waals surface area contributed by atoms with E-state index in [1.165, 1.54) is 47.3 Å². The topological polar surface area (TPSA) is 84.6 Å². The van der Waals surface area contributed by atoms with Gasteiger partial charge in [0, 0.05) is 16.0 Å². The van der Waals surface area contributed by atoms with Gasteiger partial charge < -0.3 is 5.11 Å². The molecule has 0 spiro atoms. The van der Waals surface area contributed by atoms with Crippen LogP contribution in [0.5, 0.6) is 5.88 Å². The first-order valence-electron chi connectivity index (χ1n) is 12.9. The lowest BCUT2D eigenvalue weighted by Crippen LogP contribution is -2.48. The van der Waals surface area contributed by atoms with Gasteiger partial charge in [-0.15, -0.1) is 0 Å². The summed E-state index contributed by atoms with van der Waals surface area (Å²) in [5.41, 5.74) is 1.70. The standard InChI is InChI=1S/C29H26ClN3O3S/c30-23-4-2-1-3-20(23)10-16-5-6-24(34)21(11-16)12-22-25(35)31-28-33(26(22)36)32-27(37-28)29-13-17-7-18(14-29)9-19(8-17)15-29/h1-6,11-12,17-19,35H,7-10,13-15H2. The van der Waals surface area contributed by atoms with E-state index in [4.69, 9.17) is 16.7 Å². The van der Waals surface area contributed by atoms with Crippen molar-refractivity contribution in [2.45, 2.75) is 50.4 Å². The number of nitrogens with zero attached hydrogens (tertiary/aromatic N) is 3. The first kappa shape index (κ1) is 23.1. The van der Waals surface area contributed by atoms with Crippen molar-refractivity contribution in [1.29, 1.82) is 0 Å². The average molecular weight is 532 g/mol. The molecular formula is C29H26ClN3O3S. The Morgan fingerprint density at radius 3 is 2.49 bits per heavy atom. The fourth-order valence-corrected chi connectivity index (χ4v) is 8.70. The Bertz CT molecular complexity index is 1580. The number of hydrogen-bond acceptors (Lipinski definition) is 6. The summed E-state index contributed by atoms with van der Waals surface area (Å²) in [5, 5.41) is 17.1. The number of carbonyl (C=O) groups is 1. The third-order valence-electron chi connectivity index (χ3n) is 8.64. The number of ketones is 1. The summed E-state index contributed by atoms with van der Waals surface area (Å²) in [7, 11) is 0. The van der Waals surface area contributed by atoms with Gasteiger partial charge in [-0.3, -0.25) is 9.59 Å². The highest BCUT2D eigenvalue weighted by atomic mass is 35.5. The number of benzene rings is 1.